The summed E-state index contributed by atoms with van der Waals surface area (Å²) in [5.41, 5.74) is 4.26. The molecule has 2 aromatic rings. The SMILES string of the molecule is C=C(C)C(=O)OC(C)COc1c2c(c(OCC(C)OC(=O)C(=C)C)c3ccc(C)cc13)C1CC2CC1C. The smallest absolute Gasteiger partial charge is 0.333 e. The molecule has 1 saturated carbocycles. The molecule has 6 nitrogen and oxygen atoms in total. The van der Waals surface area contributed by atoms with Crippen LogP contribution in [0, 0.1) is 12.8 Å². The number of benzene rings is 2. The summed E-state index contributed by atoms with van der Waals surface area (Å²) in [6.45, 7) is 19.1. The number of aryl methyl sites for hydroxylation is 1. The predicted octanol–water partition coefficient (Wildman–Crippen LogP) is 6.53. The molecule has 1 fully saturated rings. The zero-order valence-electron chi connectivity index (χ0n) is 22.8. The second-order valence-electron chi connectivity index (χ2n) is 10.9. The van der Waals surface area contributed by atoms with Gasteiger partial charge in [-0.25, -0.2) is 9.59 Å². The van der Waals surface area contributed by atoms with Crippen molar-refractivity contribution in [2.24, 2.45) is 5.92 Å². The Kier molecular flexibility index (Phi) is 7.67. The molecule has 5 atom stereocenters. The molecule has 0 saturated heterocycles. The minimum absolute atomic E-state index is 0.244. The quantitative estimate of drug-likeness (QED) is 0.269. The number of esters is 2. The Morgan fingerprint density at radius 1 is 0.892 bits per heavy atom. The number of ether oxygens (including phenoxy) is 4. The number of rotatable bonds is 10. The van der Waals surface area contributed by atoms with Crippen molar-refractivity contribution < 1.29 is 28.5 Å². The Bertz CT molecular complexity index is 1260. The van der Waals surface area contributed by atoms with Crippen LogP contribution in [0.15, 0.2) is 42.5 Å². The lowest BCUT2D eigenvalue weighted by Gasteiger charge is -2.29. The van der Waals surface area contributed by atoms with Crippen molar-refractivity contribution in [3.8, 4) is 11.5 Å². The van der Waals surface area contributed by atoms with Gasteiger partial charge in [0, 0.05) is 33.0 Å². The van der Waals surface area contributed by atoms with Crippen molar-refractivity contribution in [3.63, 3.8) is 0 Å². The maximum atomic E-state index is 12.0. The Morgan fingerprint density at radius 2 is 1.43 bits per heavy atom. The summed E-state index contributed by atoms with van der Waals surface area (Å²) < 4.78 is 23.9. The van der Waals surface area contributed by atoms with Crippen molar-refractivity contribution in [2.45, 2.75) is 78.4 Å². The number of carbonyl (C=O) groups is 2. The van der Waals surface area contributed by atoms with E-state index in [1.165, 1.54) is 11.1 Å². The Balaban J connectivity index is 1.71. The van der Waals surface area contributed by atoms with Crippen LogP contribution in [-0.2, 0) is 19.1 Å². The van der Waals surface area contributed by atoms with Crippen molar-refractivity contribution in [2.75, 3.05) is 13.2 Å². The monoisotopic (exact) mass is 506 g/mol. The normalized spacial score (nSPS) is 21.2. The molecule has 2 aromatic carbocycles. The van der Waals surface area contributed by atoms with Crippen LogP contribution in [0.3, 0.4) is 0 Å². The van der Waals surface area contributed by atoms with Crippen LogP contribution in [-0.4, -0.2) is 37.4 Å². The first kappa shape index (κ1) is 26.8. The van der Waals surface area contributed by atoms with E-state index in [1.54, 1.807) is 13.8 Å². The fourth-order valence-corrected chi connectivity index (χ4v) is 5.59. The molecule has 0 heterocycles. The van der Waals surface area contributed by atoms with E-state index in [2.05, 4.69) is 45.2 Å². The van der Waals surface area contributed by atoms with E-state index in [0.29, 0.717) is 28.9 Å². The summed E-state index contributed by atoms with van der Waals surface area (Å²) in [5.74, 6) is 2.21. The van der Waals surface area contributed by atoms with Gasteiger partial charge in [-0.1, -0.05) is 37.8 Å². The first-order valence-corrected chi connectivity index (χ1v) is 13.1. The van der Waals surface area contributed by atoms with Gasteiger partial charge in [0.2, 0.25) is 0 Å². The molecule has 5 unspecified atom stereocenters. The summed E-state index contributed by atoms with van der Waals surface area (Å²) in [7, 11) is 0. The second-order valence-corrected chi connectivity index (χ2v) is 10.9. The highest BCUT2D eigenvalue weighted by atomic mass is 16.6. The Hall–Kier alpha value is -3.28. The maximum Gasteiger partial charge on any atom is 0.333 e. The zero-order valence-corrected chi connectivity index (χ0v) is 22.8. The van der Waals surface area contributed by atoms with Gasteiger partial charge in [0.15, 0.2) is 0 Å². The van der Waals surface area contributed by atoms with Gasteiger partial charge in [0.1, 0.15) is 36.9 Å². The van der Waals surface area contributed by atoms with Crippen molar-refractivity contribution >= 4 is 22.7 Å². The summed E-state index contributed by atoms with van der Waals surface area (Å²) in [5, 5.41) is 1.96. The molecule has 6 heteroatoms. The lowest BCUT2D eigenvalue weighted by molar-refractivity contribution is -0.145. The molecule has 2 bridgehead atoms. The molecule has 0 radical (unpaired) electrons. The van der Waals surface area contributed by atoms with Crippen molar-refractivity contribution in [3.05, 3.63) is 59.2 Å². The zero-order chi connectivity index (χ0) is 27.0. The van der Waals surface area contributed by atoms with Crippen molar-refractivity contribution in [1.82, 2.24) is 0 Å². The van der Waals surface area contributed by atoms with E-state index in [-0.39, 0.29) is 13.2 Å². The van der Waals surface area contributed by atoms with E-state index in [1.807, 2.05) is 13.8 Å². The van der Waals surface area contributed by atoms with E-state index < -0.39 is 24.1 Å². The van der Waals surface area contributed by atoms with Gasteiger partial charge >= 0.3 is 11.9 Å². The van der Waals surface area contributed by atoms with Crippen LogP contribution < -0.4 is 9.47 Å². The molecule has 37 heavy (non-hydrogen) atoms. The van der Waals surface area contributed by atoms with Crippen LogP contribution >= 0.6 is 0 Å². The van der Waals surface area contributed by atoms with Crippen LogP contribution in [0.2, 0.25) is 0 Å². The maximum absolute atomic E-state index is 12.0. The summed E-state index contributed by atoms with van der Waals surface area (Å²) in [6, 6.07) is 6.28. The highest BCUT2D eigenvalue weighted by Gasteiger charge is 2.46. The third-order valence-electron chi connectivity index (χ3n) is 7.34. The number of hydrogen-bond acceptors (Lipinski definition) is 6. The Morgan fingerprint density at radius 3 is 1.97 bits per heavy atom. The first-order chi connectivity index (χ1) is 17.5. The largest absolute Gasteiger partial charge is 0.489 e. The van der Waals surface area contributed by atoms with Gasteiger partial charge in [0.05, 0.1) is 0 Å². The summed E-state index contributed by atoms with van der Waals surface area (Å²) >= 11 is 0. The second kappa shape index (κ2) is 10.6. The van der Waals surface area contributed by atoms with Gasteiger partial charge in [0.25, 0.3) is 0 Å². The molecular formula is C31H38O6. The fraction of sp³-hybridized carbons (Fsp3) is 0.484. The molecule has 198 valence electrons. The molecule has 0 aromatic heterocycles. The van der Waals surface area contributed by atoms with Crippen LogP contribution in [0.1, 0.15) is 76.0 Å². The third kappa shape index (κ3) is 5.39. The number of hydrogen-bond donors (Lipinski definition) is 0. The third-order valence-corrected chi connectivity index (χ3v) is 7.34. The summed E-state index contributed by atoms with van der Waals surface area (Å²) in [6.07, 6.45) is 1.34. The van der Waals surface area contributed by atoms with E-state index >= 15 is 0 Å². The lowest BCUT2D eigenvalue weighted by Crippen LogP contribution is -2.24. The average molecular weight is 507 g/mol. The summed E-state index contributed by atoms with van der Waals surface area (Å²) in [4.78, 5) is 24.0. The number of carbonyl (C=O) groups excluding carboxylic acids is 2. The molecule has 0 spiro atoms. The minimum atomic E-state index is -0.420. The van der Waals surface area contributed by atoms with E-state index in [0.717, 1.165) is 40.7 Å². The minimum Gasteiger partial charge on any atom is -0.489 e. The lowest BCUT2D eigenvalue weighted by atomic mass is 9.81. The predicted molar refractivity (Wildman–Crippen MR) is 144 cm³/mol. The fourth-order valence-electron chi connectivity index (χ4n) is 5.59. The van der Waals surface area contributed by atoms with Crippen LogP contribution in [0.5, 0.6) is 11.5 Å². The van der Waals surface area contributed by atoms with Gasteiger partial charge in [-0.3, -0.25) is 0 Å². The Labute approximate surface area is 219 Å². The van der Waals surface area contributed by atoms with Gasteiger partial charge in [-0.2, -0.15) is 0 Å². The van der Waals surface area contributed by atoms with Gasteiger partial charge < -0.3 is 18.9 Å². The molecule has 0 aliphatic heterocycles. The van der Waals surface area contributed by atoms with Crippen molar-refractivity contribution in [1.29, 1.82) is 0 Å². The van der Waals surface area contributed by atoms with Crippen LogP contribution in [0.4, 0.5) is 0 Å². The van der Waals surface area contributed by atoms with Crippen LogP contribution in [0.25, 0.3) is 10.8 Å². The topological polar surface area (TPSA) is 71.1 Å². The molecule has 0 N–H and O–H groups in total. The van der Waals surface area contributed by atoms with E-state index in [4.69, 9.17) is 18.9 Å². The molecular weight excluding hydrogens is 468 g/mol. The van der Waals surface area contributed by atoms with E-state index in [9.17, 15) is 9.59 Å². The average Bonchev–Trinajstić information content (AvgIpc) is 3.38. The van der Waals surface area contributed by atoms with Gasteiger partial charge in [-0.05, 0) is 71.3 Å². The highest BCUT2D eigenvalue weighted by molar-refractivity contribution is 5.97. The molecule has 2 aliphatic carbocycles. The molecule has 0 amide bonds. The first-order valence-electron chi connectivity index (χ1n) is 13.1. The standard InChI is InChI=1S/C31H38O6/c1-16(2)30(32)36-20(7)14-34-28-23-10-9-18(5)11-25(23)29(35-15-21(8)37-31(33)17(3)4)26-22-12-19(6)24(13-22)27(26)28/h9-11,19-22,24H,1,3,12-15H2,2,4-8H3. The molecule has 4 rings (SSSR count). The van der Waals surface area contributed by atoms with Gasteiger partial charge in [-0.15, -0.1) is 0 Å². The number of fused-ring (bicyclic) bond motifs is 6. The highest BCUT2D eigenvalue weighted by Crippen LogP contribution is 2.63. The molecule has 2 aliphatic rings.